The van der Waals surface area contributed by atoms with Crippen molar-refractivity contribution in [2.75, 3.05) is 27.2 Å². The van der Waals surface area contributed by atoms with Gasteiger partial charge in [0.1, 0.15) is 5.75 Å². The molecule has 5 nitrogen and oxygen atoms in total. The molecule has 0 aliphatic heterocycles. The summed E-state index contributed by atoms with van der Waals surface area (Å²) < 4.78 is 5.36. The summed E-state index contributed by atoms with van der Waals surface area (Å²) in [6.45, 7) is 4.12. The normalized spacial score (nSPS) is 10.2. The Morgan fingerprint density at radius 1 is 1.20 bits per heavy atom. The zero-order chi connectivity index (χ0) is 15.1. The fourth-order valence-corrected chi connectivity index (χ4v) is 1.48. The number of carbonyl (C=O) groups is 2. The molecule has 0 aliphatic rings. The Morgan fingerprint density at radius 2 is 1.80 bits per heavy atom. The van der Waals surface area contributed by atoms with Crippen molar-refractivity contribution in [1.29, 1.82) is 0 Å². The van der Waals surface area contributed by atoms with E-state index in [1.165, 1.54) is 10.5 Å². The van der Waals surface area contributed by atoms with Gasteiger partial charge in [-0.25, -0.2) is 0 Å². The third-order valence-electron chi connectivity index (χ3n) is 2.85. The van der Waals surface area contributed by atoms with Crippen molar-refractivity contribution in [3.05, 3.63) is 29.8 Å². The van der Waals surface area contributed by atoms with Crippen molar-refractivity contribution in [2.24, 2.45) is 0 Å². The molecule has 1 aromatic carbocycles. The number of rotatable bonds is 6. The van der Waals surface area contributed by atoms with E-state index < -0.39 is 0 Å². The molecule has 2 amide bonds. The first-order valence-corrected chi connectivity index (χ1v) is 6.59. The minimum atomic E-state index is -0.312. The summed E-state index contributed by atoms with van der Waals surface area (Å²) in [5.74, 6) is 0.639. The lowest BCUT2D eigenvalue weighted by Gasteiger charge is -2.11. The first-order valence-electron chi connectivity index (χ1n) is 6.59. The van der Waals surface area contributed by atoms with Crippen LogP contribution in [0.3, 0.4) is 0 Å². The van der Waals surface area contributed by atoms with E-state index in [2.05, 4.69) is 19.2 Å². The van der Waals surface area contributed by atoms with Crippen molar-refractivity contribution in [2.45, 2.75) is 19.8 Å². The molecule has 0 unspecified atom stereocenters. The predicted molar refractivity (Wildman–Crippen MR) is 77.7 cm³/mol. The van der Waals surface area contributed by atoms with Crippen LogP contribution in [-0.2, 0) is 9.59 Å². The van der Waals surface area contributed by atoms with Gasteiger partial charge in [-0.1, -0.05) is 26.0 Å². The van der Waals surface area contributed by atoms with Crippen LogP contribution in [0, 0.1) is 0 Å². The molecule has 0 radical (unpaired) electrons. The zero-order valence-electron chi connectivity index (χ0n) is 12.5. The van der Waals surface area contributed by atoms with Gasteiger partial charge in [0.05, 0.1) is 6.54 Å². The minimum absolute atomic E-state index is 0.0124. The summed E-state index contributed by atoms with van der Waals surface area (Å²) in [7, 11) is 3.28. The van der Waals surface area contributed by atoms with Crippen LogP contribution in [0.2, 0.25) is 0 Å². The maximum atomic E-state index is 11.5. The van der Waals surface area contributed by atoms with E-state index in [1.54, 1.807) is 14.1 Å². The smallest absolute Gasteiger partial charge is 0.258 e. The molecule has 110 valence electrons. The summed E-state index contributed by atoms with van der Waals surface area (Å²) in [5.41, 5.74) is 1.22. The van der Waals surface area contributed by atoms with Crippen LogP contribution in [0.15, 0.2) is 24.3 Å². The lowest BCUT2D eigenvalue weighted by molar-refractivity contribution is -0.131. The zero-order valence-corrected chi connectivity index (χ0v) is 12.5. The standard InChI is InChI=1S/C15H22N2O3/c1-11(2)12-5-7-13(8-6-12)20-10-14(18)16-9-15(19)17(3)4/h5-8,11H,9-10H2,1-4H3,(H,16,18). The number of benzene rings is 1. The Balaban J connectivity index is 2.35. The molecule has 0 heterocycles. The molecule has 0 fully saturated rings. The van der Waals surface area contributed by atoms with Crippen molar-refractivity contribution < 1.29 is 14.3 Å². The first kappa shape index (κ1) is 16.0. The minimum Gasteiger partial charge on any atom is -0.484 e. The Morgan fingerprint density at radius 3 is 2.30 bits per heavy atom. The van der Waals surface area contributed by atoms with Crippen LogP contribution in [0.5, 0.6) is 5.75 Å². The Hall–Kier alpha value is -2.04. The second-order valence-corrected chi connectivity index (χ2v) is 5.08. The molecule has 0 aromatic heterocycles. The van der Waals surface area contributed by atoms with Gasteiger partial charge in [-0.3, -0.25) is 9.59 Å². The van der Waals surface area contributed by atoms with E-state index in [0.717, 1.165) is 0 Å². The van der Waals surface area contributed by atoms with E-state index in [0.29, 0.717) is 11.7 Å². The quantitative estimate of drug-likeness (QED) is 0.855. The van der Waals surface area contributed by atoms with Crippen molar-refractivity contribution >= 4 is 11.8 Å². The summed E-state index contributed by atoms with van der Waals surface area (Å²) in [5, 5.41) is 2.51. The SMILES string of the molecule is CC(C)c1ccc(OCC(=O)NCC(=O)N(C)C)cc1. The van der Waals surface area contributed by atoms with Gasteiger partial charge in [-0.15, -0.1) is 0 Å². The number of carbonyl (C=O) groups excluding carboxylic acids is 2. The Kier molecular flexibility index (Phi) is 6.03. The average molecular weight is 278 g/mol. The Bertz CT molecular complexity index is 453. The molecule has 0 atom stereocenters. The molecule has 1 N–H and O–H groups in total. The molecule has 0 bridgehead atoms. The second kappa shape index (κ2) is 7.53. The summed E-state index contributed by atoms with van der Waals surface area (Å²) >= 11 is 0. The van der Waals surface area contributed by atoms with E-state index >= 15 is 0 Å². The third-order valence-corrected chi connectivity index (χ3v) is 2.85. The molecule has 20 heavy (non-hydrogen) atoms. The second-order valence-electron chi connectivity index (χ2n) is 5.08. The highest BCUT2D eigenvalue weighted by Crippen LogP contribution is 2.18. The van der Waals surface area contributed by atoms with Crippen molar-refractivity contribution in [3.63, 3.8) is 0 Å². The van der Waals surface area contributed by atoms with Gasteiger partial charge < -0.3 is 15.0 Å². The predicted octanol–water partition coefficient (Wildman–Crippen LogP) is 1.39. The molecule has 1 aromatic rings. The number of hydrogen-bond donors (Lipinski definition) is 1. The maximum Gasteiger partial charge on any atom is 0.258 e. The molecular weight excluding hydrogens is 256 g/mol. The van der Waals surface area contributed by atoms with E-state index in [1.807, 2.05) is 24.3 Å². The summed E-state index contributed by atoms with van der Waals surface area (Å²) in [6, 6.07) is 7.64. The summed E-state index contributed by atoms with van der Waals surface area (Å²) in [4.78, 5) is 24.2. The Labute approximate surface area is 119 Å². The monoisotopic (exact) mass is 278 g/mol. The van der Waals surface area contributed by atoms with Crippen LogP contribution >= 0.6 is 0 Å². The molecule has 0 aliphatic carbocycles. The third kappa shape index (κ3) is 5.30. The van der Waals surface area contributed by atoms with Gasteiger partial charge in [0, 0.05) is 14.1 Å². The van der Waals surface area contributed by atoms with Crippen LogP contribution in [0.25, 0.3) is 0 Å². The maximum absolute atomic E-state index is 11.5. The fourth-order valence-electron chi connectivity index (χ4n) is 1.48. The highest BCUT2D eigenvalue weighted by Gasteiger charge is 2.07. The van der Waals surface area contributed by atoms with Crippen LogP contribution < -0.4 is 10.1 Å². The van der Waals surface area contributed by atoms with Crippen LogP contribution in [-0.4, -0.2) is 44.0 Å². The van der Waals surface area contributed by atoms with Crippen molar-refractivity contribution in [3.8, 4) is 5.75 Å². The van der Waals surface area contributed by atoms with Crippen LogP contribution in [0.4, 0.5) is 0 Å². The molecular formula is C15H22N2O3. The summed E-state index contributed by atoms with van der Waals surface area (Å²) in [6.07, 6.45) is 0. The number of likely N-dealkylation sites (N-methyl/N-ethyl adjacent to an activating group) is 1. The average Bonchev–Trinajstić information content (AvgIpc) is 2.42. The van der Waals surface area contributed by atoms with E-state index in [-0.39, 0.29) is 25.0 Å². The van der Waals surface area contributed by atoms with Crippen LogP contribution in [0.1, 0.15) is 25.3 Å². The number of ether oxygens (including phenoxy) is 1. The highest BCUT2D eigenvalue weighted by molar-refractivity contribution is 5.85. The number of nitrogens with zero attached hydrogens (tertiary/aromatic N) is 1. The van der Waals surface area contributed by atoms with E-state index in [4.69, 9.17) is 4.74 Å². The van der Waals surface area contributed by atoms with Gasteiger partial charge in [0.2, 0.25) is 5.91 Å². The molecule has 0 saturated heterocycles. The number of amides is 2. The number of hydrogen-bond acceptors (Lipinski definition) is 3. The topological polar surface area (TPSA) is 58.6 Å². The molecule has 1 rings (SSSR count). The molecule has 0 spiro atoms. The molecule has 5 heteroatoms. The van der Waals surface area contributed by atoms with Gasteiger partial charge >= 0.3 is 0 Å². The largest absolute Gasteiger partial charge is 0.484 e. The lowest BCUT2D eigenvalue weighted by atomic mass is 10.0. The van der Waals surface area contributed by atoms with E-state index in [9.17, 15) is 9.59 Å². The van der Waals surface area contributed by atoms with Gasteiger partial charge in [0.15, 0.2) is 6.61 Å². The van der Waals surface area contributed by atoms with Crippen molar-refractivity contribution in [1.82, 2.24) is 10.2 Å². The first-order chi connectivity index (χ1) is 9.40. The van der Waals surface area contributed by atoms with Gasteiger partial charge in [-0.05, 0) is 23.6 Å². The lowest BCUT2D eigenvalue weighted by Crippen LogP contribution is -2.38. The number of nitrogens with one attached hydrogen (secondary N) is 1. The fraction of sp³-hybridized carbons (Fsp3) is 0.467. The highest BCUT2D eigenvalue weighted by atomic mass is 16.5. The molecule has 0 saturated carbocycles. The van der Waals surface area contributed by atoms with Gasteiger partial charge in [0.25, 0.3) is 5.91 Å². The van der Waals surface area contributed by atoms with Gasteiger partial charge in [-0.2, -0.15) is 0 Å².